The van der Waals surface area contributed by atoms with Gasteiger partial charge in [0.25, 0.3) is 0 Å². The number of benzene rings is 1. The second kappa shape index (κ2) is 5.48. The molecule has 1 aliphatic heterocycles. The smallest absolute Gasteiger partial charge is 0.307 e. The van der Waals surface area contributed by atoms with Crippen LogP contribution in [0.5, 0.6) is 0 Å². The number of carboxylic acid groups (broad SMARTS) is 1. The van der Waals surface area contributed by atoms with Gasteiger partial charge >= 0.3 is 5.97 Å². The van der Waals surface area contributed by atoms with E-state index < -0.39 is 11.9 Å². The molecule has 0 radical (unpaired) electrons. The molecule has 1 N–H and O–H groups in total. The van der Waals surface area contributed by atoms with Gasteiger partial charge in [-0.15, -0.1) is 0 Å². The fourth-order valence-electron chi connectivity index (χ4n) is 2.89. The summed E-state index contributed by atoms with van der Waals surface area (Å²) in [5, 5.41) is 8.97. The Kier molecular flexibility index (Phi) is 3.68. The SMILES string of the molecule is C[C@@H]1CO[C@H](c2ccccc2)CN1C(=O)[C@@H]1C[C@H]1C(=O)O. The first-order valence-corrected chi connectivity index (χ1v) is 7.27. The molecule has 1 aliphatic carbocycles. The molecule has 21 heavy (non-hydrogen) atoms. The van der Waals surface area contributed by atoms with E-state index in [1.165, 1.54) is 0 Å². The van der Waals surface area contributed by atoms with Crippen molar-refractivity contribution in [2.75, 3.05) is 13.2 Å². The Morgan fingerprint density at radius 3 is 2.57 bits per heavy atom. The summed E-state index contributed by atoms with van der Waals surface area (Å²) in [5.41, 5.74) is 1.05. The van der Waals surface area contributed by atoms with Gasteiger partial charge in [-0.05, 0) is 18.9 Å². The highest BCUT2D eigenvalue weighted by Gasteiger charge is 2.51. The van der Waals surface area contributed by atoms with E-state index in [1.54, 1.807) is 4.90 Å². The van der Waals surface area contributed by atoms with Crippen LogP contribution in [0.3, 0.4) is 0 Å². The zero-order valence-corrected chi connectivity index (χ0v) is 11.9. The van der Waals surface area contributed by atoms with E-state index in [0.717, 1.165) is 5.56 Å². The Labute approximate surface area is 123 Å². The Balaban J connectivity index is 1.70. The molecule has 2 aliphatic rings. The van der Waals surface area contributed by atoms with E-state index in [0.29, 0.717) is 19.6 Å². The molecular formula is C16H19NO4. The number of nitrogens with zero attached hydrogens (tertiary/aromatic N) is 1. The third-order valence-corrected chi connectivity index (χ3v) is 4.31. The molecule has 5 heteroatoms. The highest BCUT2D eigenvalue weighted by molar-refractivity contribution is 5.89. The maximum atomic E-state index is 12.5. The van der Waals surface area contributed by atoms with Crippen LogP contribution in [0.15, 0.2) is 30.3 Å². The average molecular weight is 289 g/mol. The van der Waals surface area contributed by atoms with Gasteiger partial charge in [-0.1, -0.05) is 30.3 Å². The fourth-order valence-corrected chi connectivity index (χ4v) is 2.89. The zero-order valence-electron chi connectivity index (χ0n) is 11.9. The molecule has 1 heterocycles. The maximum Gasteiger partial charge on any atom is 0.307 e. The summed E-state index contributed by atoms with van der Waals surface area (Å²) < 4.78 is 5.82. The molecule has 0 aromatic heterocycles. The summed E-state index contributed by atoms with van der Waals surface area (Å²) in [6, 6.07) is 9.81. The van der Waals surface area contributed by atoms with Crippen LogP contribution in [-0.2, 0) is 14.3 Å². The molecule has 2 fully saturated rings. The minimum Gasteiger partial charge on any atom is -0.481 e. The predicted octanol–water partition coefficient (Wildman–Crippen LogP) is 1.70. The first-order chi connectivity index (χ1) is 10.1. The van der Waals surface area contributed by atoms with Crippen LogP contribution < -0.4 is 0 Å². The van der Waals surface area contributed by atoms with Crippen molar-refractivity contribution in [2.24, 2.45) is 11.8 Å². The lowest BCUT2D eigenvalue weighted by atomic mass is 10.1. The first-order valence-electron chi connectivity index (χ1n) is 7.27. The summed E-state index contributed by atoms with van der Waals surface area (Å²) in [5.74, 6) is -1.75. The highest BCUT2D eigenvalue weighted by atomic mass is 16.5. The lowest BCUT2D eigenvalue weighted by Gasteiger charge is -2.38. The number of morpholine rings is 1. The van der Waals surface area contributed by atoms with Gasteiger partial charge in [-0.2, -0.15) is 0 Å². The maximum absolute atomic E-state index is 12.5. The van der Waals surface area contributed by atoms with E-state index in [1.807, 2.05) is 37.3 Å². The molecule has 3 rings (SSSR count). The van der Waals surface area contributed by atoms with Crippen LogP contribution in [0.4, 0.5) is 0 Å². The number of carbonyl (C=O) groups excluding carboxylic acids is 1. The van der Waals surface area contributed by atoms with Crippen molar-refractivity contribution in [3.8, 4) is 0 Å². The minimum atomic E-state index is -0.867. The predicted molar refractivity (Wildman–Crippen MR) is 75.5 cm³/mol. The topological polar surface area (TPSA) is 66.8 Å². The van der Waals surface area contributed by atoms with Crippen molar-refractivity contribution < 1.29 is 19.4 Å². The van der Waals surface area contributed by atoms with Crippen LogP contribution in [0.2, 0.25) is 0 Å². The van der Waals surface area contributed by atoms with Gasteiger partial charge in [-0.3, -0.25) is 9.59 Å². The highest BCUT2D eigenvalue weighted by Crippen LogP contribution is 2.41. The summed E-state index contributed by atoms with van der Waals surface area (Å²) in [6.45, 7) is 2.92. The molecule has 0 unspecified atom stereocenters. The van der Waals surface area contributed by atoms with E-state index in [4.69, 9.17) is 9.84 Å². The number of hydrogen-bond acceptors (Lipinski definition) is 3. The third-order valence-electron chi connectivity index (χ3n) is 4.31. The fraction of sp³-hybridized carbons (Fsp3) is 0.500. The molecule has 4 atom stereocenters. The van der Waals surface area contributed by atoms with Gasteiger partial charge < -0.3 is 14.7 Å². The Hall–Kier alpha value is -1.88. The van der Waals surface area contributed by atoms with Gasteiger partial charge in [0.1, 0.15) is 6.10 Å². The number of ether oxygens (including phenoxy) is 1. The Morgan fingerprint density at radius 1 is 1.24 bits per heavy atom. The van der Waals surface area contributed by atoms with E-state index in [9.17, 15) is 9.59 Å². The van der Waals surface area contributed by atoms with E-state index in [2.05, 4.69) is 0 Å². The molecule has 0 spiro atoms. The van der Waals surface area contributed by atoms with Gasteiger partial charge in [0.15, 0.2) is 0 Å². The van der Waals surface area contributed by atoms with Crippen LogP contribution in [-0.4, -0.2) is 41.1 Å². The monoisotopic (exact) mass is 289 g/mol. The normalized spacial score (nSPS) is 31.8. The van der Waals surface area contributed by atoms with Crippen LogP contribution in [0, 0.1) is 11.8 Å². The number of carbonyl (C=O) groups is 2. The second-order valence-electron chi connectivity index (χ2n) is 5.86. The van der Waals surface area contributed by atoms with Crippen LogP contribution in [0.1, 0.15) is 25.0 Å². The standard InChI is InChI=1S/C16H19NO4/c1-10-9-21-14(11-5-3-2-4-6-11)8-17(10)15(18)12-7-13(12)16(19)20/h2-6,10,12-14H,7-9H2,1H3,(H,19,20)/t10-,12-,13-,14+/m1/s1. The molecule has 5 nitrogen and oxygen atoms in total. The molecule has 112 valence electrons. The van der Waals surface area contributed by atoms with Crippen LogP contribution in [0.25, 0.3) is 0 Å². The number of hydrogen-bond donors (Lipinski definition) is 1. The molecule has 1 aromatic carbocycles. The average Bonchev–Trinajstić information content (AvgIpc) is 3.29. The van der Waals surface area contributed by atoms with Crippen molar-refractivity contribution in [1.82, 2.24) is 4.90 Å². The Bertz CT molecular complexity index is 544. The summed E-state index contributed by atoms with van der Waals surface area (Å²) in [7, 11) is 0. The minimum absolute atomic E-state index is 0.00694. The third kappa shape index (κ3) is 2.78. The Morgan fingerprint density at radius 2 is 1.95 bits per heavy atom. The number of rotatable bonds is 3. The summed E-state index contributed by atoms with van der Waals surface area (Å²) >= 11 is 0. The molecule has 1 saturated heterocycles. The van der Waals surface area contributed by atoms with Gasteiger partial charge in [0.05, 0.1) is 31.0 Å². The first kappa shape index (κ1) is 14.1. The zero-order chi connectivity index (χ0) is 15.0. The molecular weight excluding hydrogens is 270 g/mol. The summed E-state index contributed by atoms with van der Waals surface area (Å²) in [4.78, 5) is 25.2. The van der Waals surface area contributed by atoms with Crippen molar-refractivity contribution in [2.45, 2.75) is 25.5 Å². The number of carboxylic acids is 1. The van der Waals surface area contributed by atoms with Crippen molar-refractivity contribution in [3.05, 3.63) is 35.9 Å². The summed E-state index contributed by atoms with van der Waals surface area (Å²) in [6.07, 6.45) is 0.335. The van der Waals surface area contributed by atoms with Gasteiger partial charge in [0, 0.05) is 0 Å². The molecule has 1 saturated carbocycles. The quantitative estimate of drug-likeness (QED) is 0.919. The largest absolute Gasteiger partial charge is 0.481 e. The second-order valence-corrected chi connectivity index (χ2v) is 5.86. The van der Waals surface area contributed by atoms with Gasteiger partial charge in [-0.25, -0.2) is 0 Å². The number of amides is 1. The van der Waals surface area contributed by atoms with E-state index >= 15 is 0 Å². The van der Waals surface area contributed by atoms with Crippen LogP contribution >= 0.6 is 0 Å². The molecule has 1 amide bonds. The lowest BCUT2D eigenvalue weighted by Crippen LogP contribution is -2.49. The van der Waals surface area contributed by atoms with Crippen molar-refractivity contribution in [1.29, 1.82) is 0 Å². The van der Waals surface area contributed by atoms with Crippen molar-refractivity contribution in [3.63, 3.8) is 0 Å². The van der Waals surface area contributed by atoms with Gasteiger partial charge in [0.2, 0.25) is 5.91 Å². The van der Waals surface area contributed by atoms with E-state index in [-0.39, 0.29) is 24.0 Å². The van der Waals surface area contributed by atoms with Crippen molar-refractivity contribution >= 4 is 11.9 Å². The number of aliphatic carboxylic acids is 1. The molecule has 1 aromatic rings. The molecule has 0 bridgehead atoms. The lowest BCUT2D eigenvalue weighted by molar-refractivity contribution is -0.149.